The van der Waals surface area contributed by atoms with E-state index in [0.29, 0.717) is 22.5 Å². The van der Waals surface area contributed by atoms with Crippen LogP contribution in [0.1, 0.15) is 24.0 Å². The molecule has 0 amide bonds. The van der Waals surface area contributed by atoms with E-state index in [1.165, 1.54) is 24.3 Å². The fourth-order valence-electron chi connectivity index (χ4n) is 3.58. The average Bonchev–Trinajstić information content (AvgIpc) is 2.88. The Balaban J connectivity index is 1.97. The van der Waals surface area contributed by atoms with E-state index in [-0.39, 0.29) is 21.1 Å². The van der Waals surface area contributed by atoms with Gasteiger partial charge in [0.2, 0.25) is 9.84 Å². The van der Waals surface area contributed by atoms with E-state index in [0.717, 1.165) is 0 Å². The number of benzene rings is 2. The summed E-state index contributed by atoms with van der Waals surface area (Å²) in [5.74, 6) is -0.815. The van der Waals surface area contributed by atoms with Crippen molar-refractivity contribution in [1.29, 1.82) is 5.26 Å². The molecule has 0 aliphatic carbocycles. The molecule has 2 aromatic carbocycles. The minimum absolute atomic E-state index is 0.0985. The summed E-state index contributed by atoms with van der Waals surface area (Å²) in [5, 5.41) is 23.7. The van der Waals surface area contributed by atoms with Crippen LogP contribution in [0.4, 0.5) is 5.69 Å². The predicted octanol–water partition coefficient (Wildman–Crippen LogP) is 3.24. The van der Waals surface area contributed by atoms with Crippen molar-refractivity contribution >= 4 is 21.2 Å². The number of sulfone groups is 1. The van der Waals surface area contributed by atoms with Gasteiger partial charge in [0.05, 0.1) is 38.0 Å². The van der Waals surface area contributed by atoms with Gasteiger partial charge in [0.25, 0.3) is 5.69 Å². The summed E-state index contributed by atoms with van der Waals surface area (Å²) < 4.78 is 26.4. The number of nitro benzene ring substituents is 1. The Bertz CT molecular complexity index is 1200. The molecule has 0 saturated carbocycles. The molecule has 0 aromatic heterocycles. The van der Waals surface area contributed by atoms with Crippen molar-refractivity contribution in [3.63, 3.8) is 0 Å². The third kappa shape index (κ3) is 2.36. The molecule has 2 heterocycles. The maximum Gasteiger partial charge on any atom is 0.269 e. The molecular formula is C19H13N3O4S. The van der Waals surface area contributed by atoms with Crippen LogP contribution < -0.4 is 5.32 Å². The molecule has 1 atom stereocenters. The standard InChI is InChI=1S/C19H13N3O4S/c1-11-15(10-20)17(12-6-8-13(9-7-12)22(23)24)19-18(21-11)14-4-2-3-5-16(14)27(19,25)26/h2-9,17,21H,1H3. The first-order valence-electron chi connectivity index (χ1n) is 8.07. The predicted molar refractivity (Wildman–Crippen MR) is 97.8 cm³/mol. The van der Waals surface area contributed by atoms with Crippen molar-refractivity contribution < 1.29 is 13.3 Å². The van der Waals surface area contributed by atoms with Gasteiger partial charge >= 0.3 is 0 Å². The first kappa shape index (κ1) is 17.0. The highest BCUT2D eigenvalue weighted by Crippen LogP contribution is 2.50. The van der Waals surface area contributed by atoms with E-state index in [1.54, 1.807) is 31.2 Å². The lowest BCUT2D eigenvalue weighted by Gasteiger charge is -2.26. The van der Waals surface area contributed by atoms with Crippen molar-refractivity contribution in [2.75, 3.05) is 0 Å². The van der Waals surface area contributed by atoms with Crippen molar-refractivity contribution in [2.45, 2.75) is 17.7 Å². The maximum absolute atomic E-state index is 13.2. The van der Waals surface area contributed by atoms with Gasteiger partial charge in [-0.15, -0.1) is 0 Å². The Morgan fingerprint density at radius 3 is 2.44 bits per heavy atom. The van der Waals surface area contributed by atoms with Gasteiger partial charge in [-0.1, -0.05) is 30.3 Å². The van der Waals surface area contributed by atoms with Crippen molar-refractivity contribution in [3.05, 3.63) is 85.9 Å². The summed E-state index contributed by atoms with van der Waals surface area (Å²) in [4.78, 5) is 10.7. The van der Waals surface area contributed by atoms with Crippen LogP contribution in [0.5, 0.6) is 0 Å². The number of nitrogens with zero attached hydrogens (tertiary/aromatic N) is 2. The summed E-state index contributed by atoms with van der Waals surface area (Å²) >= 11 is 0. The topological polar surface area (TPSA) is 113 Å². The molecule has 1 N–H and O–H groups in total. The largest absolute Gasteiger partial charge is 0.357 e. The van der Waals surface area contributed by atoms with E-state index in [2.05, 4.69) is 11.4 Å². The maximum atomic E-state index is 13.2. The number of nitro groups is 1. The molecule has 7 nitrogen and oxygen atoms in total. The van der Waals surface area contributed by atoms with Crippen molar-refractivity contribution in [1.82, 2.24) is 5.32 Å². The van der Waals surface area contributed by atoms with Gasteiger partial charge in [-0.25, -0.2) is 8.42 Å². The van der Waals surface area contributed by atoms with Crippen LogP contribution in [0.3, 0.4) is 0 Å². The monoisotopic (exact) mass is 379 g/mol. The number of hydrogen-bond donors (Lipinski definition) is 1. The molecule has 2 aliphatic rings. The summed E-state index contributed by atoms with van der Waals surface area (Å²) in [6, 6.07) is 14.4. The Morgan fingerprint density at radius 2 is 1.81 bits per heavy atom. The molecule has 1 unspecified atom stereocenters. The van der Waals surface area contributed by atoms with E-state index in [9.17, 15) is 23.8 Å². The van der Waals surface area contributed by atoms with E-state index < -0.39 is 20.7 Å². The summed E-state index contributed by atoms with van der Waals surface area (Å²) in [5.41, 5.74) is 2.28. The minimum Gasteiger partial charge on any atom is -0.357 e. The Kier molecular flexibility index (Phi) is 3.64. The molecule has 0 spiro atoms. The van der Waals surface area contributed by atoms with Crippen LogP contribution in [0, 0.1) is 21.4 Å². The molecule has 0 bridgehead atoms. The van der Waals surface area contributed by atoms with Crippen LogP contribution in [0.25, 0.3) is 5.70 Å². The van der Waals surface area contributed by atoms with E-state index >= 15 is 0 Å². The van der Waals surface area contributed by atoms with Crippen LogP contribution >= 0.6 is 0 Å². The number of fused-ring (bicyclic) bond motifs is 2. The number of rotatable bonds is 2. The Morgan fingerprint density at radius 1 is 1.15 bits per heavy atom. The van der Waals surface area contributed by atoms with Crippen LogP contribution in [-0.2, 0) is 9.84 Å². The first-order chi connectivity index (χ1) is 12.9. The first-order valence-corrected chi connectivity index (χ1v) is 9.55. The van der Waals surface area contributed by atoms with Gasteiger partial charge in [-0.3, -0.25) is 10.1 Å². The molecule has 134 valence electrons. The summed E-state index contributed by atoms with van der Waals surface area (Å²) in [6.45, 7) is 1.72. The highest BCUT2D eigenvalue weighted by Gasteiger charge is 2.44. The van der Waals surface area contributed by atoms with E-state index in [4.69, 9.17) is 0 Å². The quantitative estimate of drug-likeness (QED) is 0.633. The van der Waals surface area contributed by atoms with Crippen LogP contribution in [-0.4, -0.2) is 13.3 Å². The van der Waals surface area contributed by atoms with Gasteiger partial charge in [0.15, 0.2) is 0 Å². The molecular weight excluding hydrogens is 366 g/mol. The SMILES string of the molecule is CC1=C(C#N)C(c2ccc([N+](=O)[O-])cc2)C2=C(N1)c1ccccc1S2(=O)=O. The van der Waals surface area contributed by atoms with Crippen molar-refractivity contribution in [2.24, 2.45) is 0 Å². The fourth-order valence-corrected chi connectivity index (χ4v) is 5.53. The number of allylic oxidation sites excluding steroid dienone is 3. The zero-order valence-electron chi connectivity index (χ0n) is 14.1. The van der Waals surface area contributed by atoms with Gasteiger partial charge in [0.1, 0.15) is 0 Å². The second-order valence-corrected chi connectivity index (χ2v) is 8.18. The molecule has 2 aromatic rings. The second-order valence-electron chi connectivity index (χ2n) is 6.30. The van der Waals surface area contributed by atoms with Crippen LogP contribution in [0.2, 0.25) is 0 Å². The van der Waals surface area contributed by atoms with E-state index in [1.807, 2.05) is 0 Å². The van der Waals surface area contributed by atoms with Gasteiger partial charge in [-0.2, -0.15) is 5.26 Å². The number of nitrogens with one attached hydrogen (secondary N) is 1. The van der Waals surface area contributed by atoms with Gasteiger partial charge in [0, 0.05) is 23.4 Å². The third-order valence-electron chi connectivity index (χ3n) is 4.81. The highest BCUT2D eigenvalue weighted by atomic mass is 32.2. The molecule has 27 heavy (non-hydrogen) atoms. The lowest BCUT2D eigenvalue weighted by Crippen LogP contribution is -2.24. The number of dihydropyridines is 1. The zero-order chi connectivity index (χ0) is 19.3. The molecule has 0 fully saturated rings. The Hall–Kier alpha value is -3.44. The molecule has 0 saturated heterocycles. The third-order valence-corrected chi connectivity index (χ3v) is 6.76. The smallest absolute Gasteiger partial charge is 0.269 e. The zero-order valence-corrected chi connectivity index (χ0v) is 14.9. The molecule has 2 aliphatic heterocycles. The van der Waals surface area contributed by atoms with Gasteiger partial charge in [-0.05, 0) is 18.6 Å². The fraction of sp³-hybridized carbons (Fsp3) is 0.105. The Labute approximate surface area is 155 Å². The molecule has 8 heteroatoms. The molecule has 0 radical (unpaired) electrons. The normalized spacial score (nSPS) is 19.8. The molecule has 4 rings (SSSR count). The summed E-state index contributed by atoms with van der Waals surface area (Å²) in [7, 11) is -3.80. The van der Waals surface area contributed by atoms with Gasteiger partial charge < -0.3 is 5.32 Å². The van der Waals surface area contributed by atoms with Crippen LogP contribution in [0.15, 0.2) is 69.6 Å². The minimum atomic E-state index is -3.80. The lowest BCUT2D eigenvalue weighted by atomic mass is 9.86. The second kappa shape index (κ2) is 5.79. The number of hydrogen-bond acceptors (Lipinski definition) is 6. The number of nitriles is 1. The van der Waals surface area contributed by atoms with Crippen molar-refractivity contribution in [3.8, 4) is 6.07 Å². The highest BCUT2D eigenvalue weighted by molar-refractivity contribution is 7.96. The number of non-ortho nitro benzene ring substituents is 1. The average molecular weight is 379 g/mol. The summed E-state index contributed by atoms with van der Waals surface area (Å²) in [6.07, 6.45) is 0. The lowest BCUT2D eigenvalue weighted by molar-refractivity contribution is -0.384.